The molecule has 1 fully saturated rings. The molecule has 2 aromatic rings. The Hall–Kier alpha value is -1.75. The van der Waals surface area contributed by atoms with E-state index in [2.05, 4.69) is 42.2 Å². The van der Waals surface area contributed by atoms with E-state index in [9.17, 15) is 4.79 Å². The fourth-order valence-corrected chi connectivity index (χ4v) is 4.40. The van der Waals surface area contributed by atoms with E-state index in [1.165, 1.54) is 23.4 Å². The van der Waals surface area contributed by atoms with Gasteiger partial charge in [-0.3, -0.25) is 9.78 Å². The highest BCUT2D eigenvalue weighted by atomic mass is 32.1. The summed E-state index contributed by atoms with van der Waals surface area (Å²) in [6.07, 6.45) is 4.30. The van der Waals surface area contributed by atoms with Crippen LogP contribution in [-0.4, -0.2) is 15.5 Å². The van der Waals surface area contributed by atoms with Crippen LogP contribution in [0.3, 0.4) is 0 Å². The second-order valence-corrected chi connectivity index (χ2v) is 9.09. The van der Waals surface area contributed by atoms with Crippen LogP contribution in [-0.2, 0) is 12.0 Å². The zero-order valence-corrected chi connectivity index (χ0v) is 16.8. The van der Waals surface area contributed by atoms with Gasteiger partial charge >= 0.3 is 0 Å². The number of carbonyl (C=O) groups excluding carboxylic acids is 1. The van der Waals surface area contributed by atoms with E-state index in [1.807, 2.05) is 19.9 Å². The van der Waals surface area contributed by atoms with Crippen LogP contribution in [0.1, 0.15) is 65.8 Å². The first kappa shape index (κ1) is 18.1. The predicted molar refractivity (Wildman–Crippen MR) is 102 cm³/mol. The smallest absolute Gasteiger partial charge is 0.281 e. The minimum absolute atomic E-state index is 0.0526. The molecule has 134 valence electrons. The maximum absolute atomic E-state index is 12.9. The minimum atomic E-state index is -0.186. The standard InChI is InChI=1S/C20H27N3OS/c1-12-9-10-21-13(2)16(12)18(24)22-19-23(11-15-7-8-15)14(3)17(25-19)20(4,5)6/h9-10,15H,7-8,11H2,1-6H3. The molecule has 1 saturated carbocycles. The Morgan fingerprint density at radius 3 is 2.56 bits per heavy atom. The van der Waals surface area contributed by atoms with Gasteiger partial charge in [0.25, 0.3) is 5.91 Å². The van der Waals surface area contributed by atoms with Gasteiger partial charge < -0.3 is 4.57 Å². The van der Waals surface area contributed by atoms with E-state index >= 15 is 0 Å². The van der Waals surface area contributed by atoms with Crippen LogP contribution in [0.15, 0.2) is 17.3 Å². The topological polar surface area (TPSA) is 47.2 Å². The van der Waals surface area contributed by atoms with Crippen molar-refractivity contribution in [2.45, 2.75) is 66.3 Å². The fraction of sp³-hybridized carbons (Fsp3) is 0.550. The van der Waals surface area contributed by atoms with Crippen LogP contribution in [0.4, 0.5) is 0 Å². The van der Waals surface area contributed by atoms with Crippen LogP contribution < -0.4 is 4.80 Å². The molecule has 1 aliphatic rings. The van der Waals surface area contributed by atoms with E-state index in [1.54, 1.807) is 17.5 Å². The molecule has 2 heterocycles. The quantitative estimate of drug-likeness (QED) is 0.821. The van der Waals surface area contributed by atoms with E-state index in [0.717, 1.165) is 28.5 Å². The monoisotopic (exact) mass is 357 g/mol. The van der Waals surface area contributed by atoms with Crippen LogP contribution in [0.2, 0.25) is 0 Å². The Morgan fingerprint density at radius 2 is 2.00 bits per heavy atom. The molecular formula is C20H27N3OS. The first-order valence-corrected chi connectivity index (χ1v) is 9.72. The Labute approximate surface area is 153 Å². The molecule has 1 aliphatic carbocycles. The lowest BCUT2D eigenvalue weighted by Crippen LogP contribution is -2.20. The Bertz CT molecular complexity index is 859. The number of thiazole rings is 1. The van der Waals surface area contributed by atoms with Crippen molar-refractivity contribution in [2.24, 2.45) is 10.9 Å². The highest BCUT2D eigenvalue weighted by molar-refractivity contribution is 7.09. The molecule has 2 aromatic heterocycles. The molecule has 1 amide bonds. The highest BCUT2D eigenvalue weighted by Crippen LogP contribution is 2.33. The van der Waals surface area contributed by atoms with Crippen molar-refractivity contribution in [3.05, 3.63) is 44.5 Å². The maximum atomic E-state index is 12.9. The number of nitrogens with zero attached hydrogens (tertiary/aromatic N) is 3. The van der Waals surface area contributed by atoms with Gasteiger partial charge in [-0.15, -0.1) is 11.3 Å². The average molecular weight is 358 g/mol. The maximum Gasteiger partial charge on any atom is 0.281 e. The molecule has 0 atom stereocenters. The molecule has 5 heteroatoms. The Morgan fingerprint density at radius 1 is 1.32 bits per heavy atom. The summed E-state index contributed by atoms with van der Waals surface area (Å²) < 4.78 is 2.25. The molecule has 0 unspecified atom stereocenters. The van der Waals surface area contributed by atoms with Crippen LogP contribution in [0, 0.1) is 26.7 Å². The van der Waals surface area contributed by atoms with Gasteiger partial charge in [0.2, 0.25) is 0 Å². The zero-order valence-electron chi connectivity index (χ0n) is 16.0. The summed E-state index contributed by atoms with van der Waals surface area (Å²) in [5, 5.41) is 0. The van der Waals surface area contributed by atoms with Gasteiger partial charge in [-0.25, -0.2) is 0 Å². The molecule has 4 nitrogen and oxygen atoms in total. The lowest BCUT2D eigenvalue weighted by Gasteiger charge is -2.17. The summed E-state index contributed by atoms with van der Waals surface area (Å²) in [5.41, 5.74) is 3.60. The number of aromatic nitrogens is 2. The van der Waals surface area contributed by atoms with Crippen molar-refractivity contribution < 1.29 is 4.79 Å². The third-order valence-corrected chi connectivity index (χ3v) is 6.34. The largest absolute Gasteiger partial charge is 0.320 e. The van der Waals surface area contributed by atoms with Crippen LogP contribution >= 0.6 is 11.3 Å². The summed E-state index contributed by atoms with van der Waals surface area (Å²) in [4.78, 5) is 23.8. The van der Waals surface area contributed by atoms with Crippen molar-refractivity contribution in [2.75, 3.05) is 0 Å². The number of hydrogen-bond acceptors (Lipinski definition) is 3. The van der Waals surface area contributed by atoms with Crippen molar-refractivity contribution in [1.29, 1.82) is 0 Å². The summed E-state index contributed by atoms with van der Waals surface area (Å²) in [5.74, 6) is 0.548. The normalized spacial score (nSPS) is 15.7. The molecule has 0 saturated heterocycles. The van der Waals surface area contributed by atoms with Gasteiger partial charge in [0, 0.05) is 23.3 Å². The molecule has 0 spiro atoms. The van der Waals surface area contributed by atoms with Crippen molar-refractivity contribution in [3.8, 4) is 0 Å². The number of carbonyl (C=O) groups is 1. The number of aryl methyl sites for hydroxylation is 2. The first-order chi connectivity index (χ1) is 11.7. The molecule has 3 rings (SSSR count). The predicted octanol–water partition coefficient (Wildman–Crippen LogP) is 4.32. The summed E-state index contributed by atoms with van der Waals surface area (Å²) in [6, 6.07) is 1.87. The second kappa shape index (κ2) is 6.52. The minimum Gasteiger partial charge on any atom is -0.320 e. The van der Waals surface area contributed by atoms with Gasteiger partial charge in [0.15, 0.2) is 4.80 Å². The van der Waals surface area contributed by atoms with Gasteiger partial charge in [0.05, 0.1) is 11.3 Å². The van der Waals surface area contributed by atoms with E-state index in [0.29, 0.717) is 5.56 Å². The molecule has 0 N–H and O–H groups in total. The van der Waals surface area contributed by atoms with Crippen LogP contribution in [0.25, 0.3) is 0 Å². The first-order valence-electron chi connectivity index (χ1n) is 8.90. The van der Waals surface area contributed by atoms with Crippen molar-refractivity contribution >= 4 is 17.2 Å². The molecule has 0 radical (unpaired) electrons. The van der Waals surface area contributed by atoms with Gasteiger partial charge in [-0.1, -0.05) is 20.8 Å². The number of amides is 1. The van der Waals surface area contributed by atoms with Crippen molar-refractivity contribution in [1.82, 2.24) is 9.55 Å². The van der Waals surface area contributed by atoms with Crippen LogP contribution in [0.5, 0.6) is 0 Å². The van der Waals surface area contributed by atoms with Gasteiger partial charge in [-0.05, 0) is 56.6 Å². The SMILES string of the molecule is Cc1ccnc(C)c1C(=O)N=c1sc(C(C)(C)C)c(C)n1CC1CC1. The fourth-order valence-electron chi connectivity index (χ4n) is 3.20. The van der Waals surface area contributed by atoms with Crippen molar-refractivity contribution in [3.63, 3.8) is 0 Å². The third kappa shape index (κ3) is 3.76. The number of rotatable bonds is 3. The second-order valence-electron chi connectivity index (χ2n) is 8.11. The van der Waals surface area contributed by atoms with Gasteiger partial charge in [0.1, 0.15) is 0 Å². The summed E-state index contributed by atoms with van der Waals surface area (Å²) in [7, 11) is 0. The summed E-state index contributed by atoms with van der Waals surface area (Å²) in [6.45, 7) is 13.6. The molecule has 0 bridgehead atoms. The summed E-state index contributed by atoms with van der Waals surface area (Å²) >= 11 is 1.65. The molecule has 0 aromatic carbocycles. The number of pyridine rings is 1. The average Bonchev–Trinajstić information content (AvgIpc) is 3.25. The zero-order chi connectivity index (χ0) is 18.4. The highest BCUT2D eigenvalue weighted by Gasteiger charge is 2.27. The lowest BCUT2D eigenvalue weighted by atomic mass is 9.93. The Balaban J connectivity index is 2.11. The van der Waals surface area contributed by atoms with E-state index < -0.39 is 0 Å². The molecule has 0 aliphatic heterocycles. The molecular weight excluding hydrogens is 330 g/mol. The third-order valence-electron chi connectivity index (χ3n) is 4.74. The van der Waals surface area contributed by atoms with Gasteiger partial charge in [-0.2, -0.15) is 4.99 Å². The Kier molecular flexibility index (Phi) is 4.71. The number of hydrogen-bond donors (Lipinski definition) is 0. The lowest BCUT2D eigenvalue weighted by molar-refractivity contribution is 0.0996. The molecule has 25 heavy (non-hydrogen) atoms. The van der Waals surface area contributed by atoms with E-state index in [4.69, 9.17) is 0 Å². The van der Waals surface area contributed by atoms with E-state index in [-0.39, 0.29) is 11.3 Å².